The molecule has 0 radical (unpaired) electrons. The van der Waals surface area contributed by atoms with E-state index in [2.05, 4.69) is 0 Å². The molecule has 0 spiro atoms. The monoisotopic (exact) mass is 347 g/mol. The highest BCUT2D eigenvalue weighted by Gasteiger charge is 2.44. The van der Waals surface area contributed by atoms with E-state index in [0.29, 0.717) is 18.8 Å². The average molecular weight is 347 g/mol. The zero-order valence-electron chi connectivity index (χ0n) is 14.3. The number of hydrogen-bond donors (Lipinski definition) is 0. The van der Waals surface area contributed by atoms with Gasteiger partial charge in [0.05, 0.1) is 0 Å². The van der Waals surface area contributed by atoms with Gasteiger partial charge in [0.1, 0.15) is 18.4 Å². The van der Waals surface area contributed by atoms with Gasteiger partial charge in [0.25, 0.3) is 5.91 Å². The summed E-state index contributed by atoms with van der Waals surface area (Å²) in [4.78, 5) is 41.7. The van der Waals surface area contributed by atoms with Gasteiger partial charge in [-0.25, -0.2) is 9.18 Å². The van der Waals surface area contributed by atoms with Crippen LogP contribution in [0.25, 0.3) is 0 Å². The molecule has 6 nitrogen and oxygen atoms in total. The summed E-state index contributed by atoms with van der Waals surface area (Å²) in [7, 11) is 0. The summed E-state index contributed by atoms with van der Waals surface area (Å²) < 4.78 is 13.1. The standard InChI is InChI=1S/C18H22FN3O3/c1-13-17(24)21(12-16(23)20-10-4-2-3-5-11-20)18(25)22(13)15-8-6-14(19)7-9-15/h6-9,13H,2-5,10-12H2,1H3/t13-/m1/s1. The Bertz CT molecular complexity index is 669. The molecule has 0 bridgehead atoms. The maximum atomic E-state index is 13.1. The van der Waals surface area contributed by atoms with E-state index in [9.17, 15) is 18.8 Å². The SMILES string of the molecule is C[C@@H]1C(=O)N(CC(=O)N2CCCCCC2)C(=O)N1c1ccc(F)cc1. The Balaban J connectivity index is 1.73. The van der Waals surface area contributed by atoms with Gasteiger partial charge in [0, 0.05) is 18.8 Å². The van der Waals surface area contributed by atoms with Crippen LogP contribution in [0.4, 0.5) is 14.9 Å². The van der Waals surface area contributed by atoms with Gasteiger partial charge in [-0.05, 0) is 44.0 Å². The van der Waals surface area contributed by atoms with Crippen LogP contribution in [-0.2, 0) is 9.59 Å². The summed E-state index contributed by atoms with van der Waals surface area (Å²) in [6.07, 6.45) is 4.10. The van der Waals surface area contributed by atoms with E-state index in [4.69, 9.17) is 0 Å². The number of halogens is 1. The molecule has 7 heteroatoms. The van der Waals surface area contributed by atoms with Gasteiger partial charge in [-0.2, -0.15) is 0 Å². The molecule has 134 valence electrons. The Hall–Kier alpha value is -2.44. The molecular formula is C18H22FN3O3. The fourth-order valence-electron chi connectivity index (χ4n) is 3.36. The maximum absolute atomic E-state index is 13.1. The van der Waals surface area contributed by atoms with Gasteiger partial charge < -0.3 is 4.90 Å². The van der Waals surface area contributed by atoms with Gasteiger partial charge in [0.2, 0.25) is 5.91 Å². The van der Waals surface area contributed by atoms with E-state index in [0.717, 1.165) is 30.6 Å². The summed E-state index contributed by atoms with van der Waals surface area (Å²) in [6, 6.07) is 4.14. The van der Waals surface area contributed by atoms with Gasteiger partial charge in [-0.15, -0.1) is 0 Å². The quantitative estimate of drug-likeness (QED) is 0.789. The number of carbonyl (C=O) groups excluding carboxylic acids is 3. The molecule has 2 saturated heterocycles. The molecule has 0 unspecified atom stereocenters. The normalized spacial score (nSPS) is 21.7. The molecule has 0 aromatic heterocycles. The minimum atomic E-state index is -0.713. The topological polar surface area (TPSA) is 60.9 Å². The van der Waals surface area contributed by atoms with E-state index in [-0.39, 0.29) is 12.5 Å². The Labute approximate surface area is 146 Å². The third-order valence-electron chi connectivity index (χ3n) is 4.80. The highest BCUT2D eigenvalue weighted by molar-refractivity contribution is 6.15. The second kappa shape index (κ2) is 7.21. The summed E-state index contributed by atoms with van der Waals surface area (Å²) in [5.41, 5.74) is 0.442. The van der Waals surface area contributed by atoms with Gasteiger partial charge in [-0.1, -0.05) is 12.8 Å². The molecule has 3 rings (SSSR count). The van der Waals surface area contributed by atoms with Crippen molar-refractivity contribution in [1.82, 2.24) is 9.80 Å². The predicted octanol–water partition coefficient (Wildman–Crippen LogP) is 2.39. The molecule has 0 N–H and O–H groups in total. The molecule has 0 saturated carbocycles. The van der Waals surface area contributed by atoms with Crippen LogP contribution >= 0.6 is 0 Å². The fraction of sp³-hybridized carbons (Fsp3) is 0.500. The highest BCUT2D eigenvalue weighted by Crippen LogP contribution is 2.26. The van der Waals surface area contributed by atoms with Crippen molar-refractivity contribution >= 4 is 23.5 Å². The summed E-state index contributed by atoms with van der Waals surface area (Å²) in [5, 5.41) is 0. The number of hydrogen-bond acceptors (Lipinski definition) is 3. The molecule has 1 aromatic rings. The Morgan fingerprint density at radius 1 is 1.08 bits per heavy atom. The third kappa shape index (κ3) is 3.50. The Morgan fingerprint density at radius 2 is 1.68 bits per heavy atom. The van der Waals surface area contributed by atoms with Crippen LogP contribution in [0.5, 0.6) is 0 Å². The number of nitrogens with zero attached hydrogens (tertiary/aromatic N) is 3. The molecule has 2 fully saturated rings. The first-order chi connectivity index (χ1) is 12.0. The van der Waals surface area contributed by atoms with Gasteiger partial charge in [-0.3, -0.25) is 19.4 Å². The first-order valence-electron chi connectivity index (χ1n) is 8.67. The first kappa shape index (κ1) is 17.4. The molecule has 1 atom stereocenters. The first-order valence-corrected chi connectivity index (χ1v) is 8.67. The van der Waals surface area contributed by atoms with E-state index < -0.39 is 23.8 Å². The smallest absolute Gasteiger partial charge is 0.332 e. The van der Waals surface area contributed by atoms with E-state index in [1.165, 1.54) is 29.2 Å². The second-order valence-electron chi connectivity index (χ2n) is 6.52. The predicted molar refractivity (Wildman–Crippen MR) is 90.5 cm³/mol. The van der Waals surface area contributed by atoms with Crippen LogP contribution in [0.1, 0.15) is 32.6 Å². The number of rotatable bonds is 3. The van der Waals surface area contributed by atoms with E-state index in [1.54, 1.807) is 11.8 Å². The summed E-state index contributed by atoms with van der Waals surface area (Å²) in [5.74, 6) is -1.02. The van der Waals surface area contributed by atoms with Gasteiger partial charge in [0.15, 0.2) is 0 Å². The molecule has 25 heavy (non-hydrogen) atoms. The van der Waals surface area contributed by atoms with Crippen molar-refractivity contribution in [2.24, 2.45) is 0 Å². The molecule has 4 amide bonds. The number of amides is 4. The maximum Gasteiger partial charge on any atom is 0.332 e. The molecular weight excluding hydrogens is 325 g/mol. The van der Waals surface area contributed by atoms with Gasteiger partial charge >= 0.3 is 6.03 Å². The molecule has 2 heterocycles. The highest BCUT2D eigenvalue weighted by atomic mass is 19.1. The van der Waals surface area contributed by atoms with Crippen molar-refractivity contribution in [3.8, 4) is 0 Å². The molecule has 0 aliphatic carbocycles. The van der Waals surface area contributed by atoms with Crippen LogP contribution in [0.2, 0.25) is 0 Å². The number of benzene rings is 1. The van der Waals surface area contributed by atoms with Crippen LogP contribution in [0, 0.1) is 5.82 Å². The minimum absolute atomic E-state index is 0.197. The van der Waals surface area contributed by atoms with Crippen molar-refractivity contribution in [3.63, 3.8) is 0 Å². The summed E-state index contributed by atoms with van der Waals surface area (Å²) in [6.45, 7) is 2.72. The van der Waals surface area contributed by atoms with Crippen LogP contribution in [0.3, 0.4) is 0 Å². The Morgan fingerprint density at radius 3 is 2.28 bits per heavy atom. The Kier molecular flexibility index (Phi) is 5.01. The van der Waals surface area contributed by atoms with E-state index in [1.807, 2.05) is 0 Å². The second-order valence-corrected chi connectivity index (χ2v) is 6.52. The summed E-state index contributed by atoms with van der Waals surface area (Å²) >= 11 is 0. The van der Waals surface area contributed by atoms with Crippen LogP contribution < -0.4 is 4.90 Å². The average Bonchev–Trinajstić information content (AvgIpc) is 2.83. The number of imide groups is 1. The lowest BCUT2D eigenvalue weighted by Gasteiger charge is -2.23. The minimum Gasteiger partial charge on any atom is -0.341 e. The lowest BCUT2D eigenvalue weighted by Crippen LogP contribution is -2.43. The lowest BCUT2D eigenvalue weighted by atomic mass is 10.2. The molecule has 2 aliphatic rings. The number of anilines is 1. The number of urea groups is 1. The van der Waals surface area contributed by atoms with Crippen LogP contribution in [-0.4, -0.2) is 53.3 Å². The van der Waals surface area contributed by atoms with Crippen molar-refractivity contribution in [2.75, 3.05) is 24.5 Å². The van der Waals surface area contributed by atoms with Crippen molar-refractivity contribution in [1.29, 1.82) is 0 Å². The largest absolute Gasteiger partial charge is 0.341 e. The fourth-order valence-corrected chi connectivity index (χ4v) is 3.36. The molecule has 1 aromatic carbocycles. The number of carbonyl (C=O) groups is 3. The zero-order valence-corrected chi connectivity index (χ0v) is 14.3. The zero-order chi connectivity index (χ0) is 18.0. The van der Waals surface area contributed by atoms with Crippen molar-refractivity contribution in [3.05, 3.63) is 30.1 Å². The van der Waals surface area contributed by atoms with Crippen LogP contribution in [0.15, 0.2) is 24.3 Å². The third-order valence-corrected chi connectivity index (χ3v) is 4.80. The van der Waals surface area contributed by atoms with Crippen molar-refractivity contribution < 1.29 is 18.8 Å². The van der Waals surface area contributed by atoms with Crippen molar-refractivity contribution in [2.45, 2.75) is 38.6 Å². The molecule has 2 aliphatic heterocycles. The van der Waals surface area contributed by atoms with E-state index >= 15 is 0 Å². The number of likely N-dealkylation sites (tertiary alicyclic amines) is 1. The lowest BCUT2D eigenvalue weighted by molar-refractivity contribution is -0.137.